The first-order chi connectivity index (χ1) is 10.7. The van der Waals surface area contributed by atoms with Crippen molar-refractivity contribution in [1.29, 1.82) is 0 Å². The van der Waals surface area contributed by atoms with E-state index in [4.69, 9.17) is 9.47 Å². The van der Waals surface area contributed by atoms with E-state index in [0.29, 0.717) is 6.42 Å². The van der Waals surface area contributed by atoms with Crippen LogP contribution in [-0.4, -0.2) is 32.5 Å². The molecule has 1 heterocycles. The third-order valence-corrected chi connectivity index (χ3v) is 5.95. The Balaban J connectivity index is 1.82. The van der Waals surface area contributed by atoms with E-state index in [0.717, 1.165) is 5.56 Å². The fourth-order valence-electron chi connectivity index (χ4n) is 3.35. The minimum Gasteiger partial charge on any atom is -0.344 e. The number of hydrogen-bond acceptors (Lipinski definition) is 4. The molecule has 0 bridgehead atoms. The Kier molecular flexibility index (Phi) is 4.13. The third kappa shape index (κ3) is 3.21. The Morgan fingerprint density at radius 1 is 1.22 bits per heavy atom. The number of fused-ring (bicyclic) bond motifs is 1. The van der Waals surface area contributed by atoms with Crippen LogP contribution in [0.25, 0.3) is 0 Å². The molecular formula is C17H23NO4S. The maximum Gasteiger partial charge on any atom is 0.240 e. The topological polar surface area (TPSA) is 64.6 Å². The largest absolute Gasteiger partial charge is 0.344 e. The summed E-state index contributed by atoms with van der Waals surface area (Å²) in [5.41, 5.74) is 1.02. The van der Waals surface area contributed by atoms with Crippen LogP contribution >= 0.6 is 0 Å². The van der Waals surface area contributed by atoms with Gasteiger partial charge < -0.3 is 9.47 Å². The van der Waals surface area contributed by atoms with Gasteiger partial charge in [0, 0.05) is 5.92 Å². The zero-order valence-electron chi connectivity index (χ0n) is 13.7. The molecule has 5 nitrogen and oxygen atoms in total. The van der Waals surface area contributed by atoms with Crippen molar-refractivity contribution in [3.8, 4) is 0 Å². The molecule has 23 heavy (non-hydrogen) atoms. The number of ether oxygens (including phenoxy) is 2. The number of aryl methyl sites for hydroxylation is 1. The van der Waals surface area contributed by atoms with E-state index in [2.05, 4.69) is 11.3 Å². The van der Waals surface area contributed by atoms with Gasteiger partial charge in [-0.2, -0.15) is 0 Å². The molecule has 2 aliphatic rings. The molecular weight excluding hydrogens is 314 g/mol. The minimum absolute atomic E-state index is 0.0764. The first kappa shape index (κ1) is 16.6. The van der Waals surface area contributed by atoms with Crippen molar-refractivity contribution < 1.29 is 17.9 Å². The molecule has 1 aliphatic carbocycles. The minimum atomic E-state index is -3.59. The predicted octanol–water partition coefficient (Wildman–Crippen LogP) is 2.37. The Morgan fingerprint density at radius 2 is 1.83 bits per heavy atom. The summed E-state index contributed by atoms with van der Waals surface area (Å²) in [5.74, 6) is -0.627. The van der Waals surface area contributed by atoms with E-state index in [1.807, 2.05) is 26.8 Å². The molecule has 0 amide bonds. The predicted molar refractivity (Wildman–Crippen MR) is 87.4 cm³/mol. The molecule has 1 aromatic rings. The van der Waals surface area contributed by atoms with Crippen LogP contribution < -0.4 is 4.72 Å². The van der Waals surface area contributed by atoms with Crippen molar-refractivity contribution in [2.24, 2.45) is 5.92 Å². The number of rotatable bonds is 4. The Morgan fingerprint density at radius 3 is 2.43 bits per heavy atom. The van der Waals surface area contributed by atoms with Crippen LogP contribution in [0.3, 0.4) is 0 Å². The summed E-state index contributed by atoms with van der Waals surface area (Å²) >= 11 is 0. The fourth-order valence-corrected chi connectivity index (χ4v) is 4.61. The third-order valence-electron chi connectivity index (χ3n) is 4.45. The molecule has 1 saturated heterocycles. The van der Waals surface area contributed by atoms with Gasteiger partial charge in [-0.3, -0.25) is 0 Å². The standard InChI is InChI=1S/C17H23NO4S/c1-5-12-10-14(16-15(12)21-17(3,4)22-16)18-23(19,20)13-8-6-11(2)7-9-13/h5-9,12,14-16,18H,1,10H2,2-4H3/t12-,14+,15+,16-/m0/s1. The van der Waals surface area contributed by atoms with Crippen LogP contribution in [0.15, 0.2) is 41.8 Å². The SMILES string of the molecule is C=C[C@H]1C[C@@H](NS(=O)(=O)c2ccc(C)cc2)[C@@H]2OC(C)(C)O[C@@H]21. The summed E-state index contributed by atoms with van der Waals surface area (Å²) in [5, 5.41) is 0. The second-order valence-electron chi connectivity index (χ2n) is 6.74. The van der Waals surface area contributed by atoms with Crippen LogP contribution in [0.1, 0.15) is 25.8 Å². The number of sulfonamides is 1. The monoisotopic (exact) mass is 337 g/mol. The second-order valence-corrected chi connectivity index (χ2v) is 8.45. The highest BCUT2D eigenvalue weighted by atomic mass is 32.2. The van der Waals surface area contributed by atoms with Crippen molar-refractivity contribution in [2.45, 2.75) is 56.1 Å². The van der Waals surface area contributed by atoms with E-state index in [1.54, 1.807) is 24.3 Å². The number of nitrogens with one attached hydrogen (secondary N) is 1. The van der Waals surface area contributed by atoms with Gasteiger partial charge in [0.05, 0.1) is 17.0 Å². The average molecular weight is 337 g/mol. The first-order valence-electron chi connectivity index (χ1n) is 7.79. The van der Waals surface area contributed by atoms with Gasteiger partial charge in [-0.1, -0.05) is 23.8 Å². The smallest absolute Gasteiger partial charge is 0.240 e. The zero-order chi connectivity index (χ0) is 16.8. The molecule has 0 spiro atoms. The summed E-state index contributed by atoms with van der Waals surface area (Å²) < 4.78 is 39.8. The van der Waals surface area contributed by atoms with Gasteiger partial charge in [-0.05, 0) is 39.3 Å². The molecule has 3 rings (SSSR count). The molecule has 126 valence electrons. The highest BCUT2D eigenvalue weighted by Crippen LogP contribution is 2.42. The van der Waals surface area contributed by atoms with Gasteiger partial charge in [0.15, 0.2) is 5.79 Å². The molecule has 0 radical (unpaired) electrons. The highest BCUT2D eigenvalue weighted by Gasteiger charge is 2.53. The first-order valence-corrected chi connectivity index (χ1v) is 9.27. The van der Waals surface area contributed by atoms with Gasteiger partial charge in [-0.25, -0.2) is 13.1 Å². The Bertz CT molecular complexity index is 696. The van der Waals surface area contributed by atoms with Crippen LogP contribution in [0.5, 0.6) is 0 Å². The lowest BCUT2D eigenvalue weighted by atomic mass is 10.1. The van der Waals surface area contributed by atoms with Crippen molar-refractivity contribution in [1.82, 2.24) is 4.72 Å². The molecule has 2 fully saturated rings. The Labute approximate surface area is 137 Å². The second kappa shape index (κ2) is 5.70. The molecule has 1 N–H and O–H groups in total. The summed E-state index contributed by atoms with van der Waals surface area (Å²) in [7, 11) is -3.59. The molecule has 0 unspecified atom stereocenters. The van der Waals surface area contributed by atoms with E-state index in [-0.39, 0.29) is 29.1 Å². The lowest BCUT2D eigenvalue weighted by Crippen LogP contribution is -2.42. The maximum atomic E-state index is 12.6. The Hall–Kier alpha value is -1.21. The van der Waals surface area contributed by atoms with Crippen molar-refractivity contribution >= 4 is 10.0 Å². The van der Waals surface area contributed by atoms with E-state index in [9.17, 15) is 8.42 Å². The quantitative estimate of drug-likeness (QED) is 0.857. The van der Waals surface area contributed by atoms with E-state index < -0.39 is 15.8 Å². The molecule has 0 aromatic heterocycles. The van der Waals surface area contributed by atoms with Crippen molar-refractivity contribution in [3.05, 3.63) is 42.5 Å². The van der Waals surface area contributed by atoms with Crippen LogP contribution in [-0.2, 0) is 19.5 Å². The zero-order valence-corrected chi connectivity index (χ0v) is 14.5. The number of hydrogen-bond donors (Lipinski definition) is 1. The van der Waals surface area contributed by atoms with Gasteiger partial charge in [0.1, 0.15) is 6.10 Å². The lowest BCUT2D eigenvalue weighted by molar-refractivity contribution is -0.156. The fraction of sp³-hybridized carbons (Fsp3) is 0.529. The van der Waals surface area contributed by atoms with Crippen molar-refractivity contribution in [3.63, 3.8) is 0 Å². The normalized spacial score (nSPS) is 32.7. The number of benzene rings is 1. The summed E-state index contributed by atoms with van der Waals surface area (Å²) in [6.07, 6.45) is 1.99. The van der Waals surface area contributed by atoms with E-state index >= 15 is 0 Å². The summed E-state index contributed by atoms with van der Waals surface area (Å²) in [4.78, 5) is 0.264. The van der Waals surface area contributed by atoms with E-state index in [1.165, 1.54) is 0 Å². The maximum absolute atomic E-state index is 12.6. The van der Waals surface area contributed by atoms with Crippen LogP contribution in [0.2, 0.25) is 0 Å². The van der Waals surface area contributed by atoms with Gasteiger partial charge in [-0.15, -0.1) is 6.58 Å². The van der Waals surface area contributed by atoms with Crippen LogP contribution in [0.4, 0.5) is 0 Å². The summed E-state index contributed by atoms with van der Waals surface area (Å²) in [6.45, 7) is 9.45. The molecule has 1 aromatic carbocycles. The molecule has 4 atom stereocenters. The average Bonchev–Trinajstić information content (AvgIpc) is 2.93. The van der Waals surface area contributed by atoms with Crippen molar-refractivity contribution in [2.75, 3.05) is 0 Å². The highest BCUT2D eigenvalue weighted by molar-refractivity contribution is 7.89. The van der Waals surface area contributed by atoms with Gasteiger partial charge in [0.25, 0.3) is 0 Å². The van der Waals surface area contributed by atoms with Gasteiger partial charge >= 0.3 is 0 Å². The molecule has 6 heteroatoms. The van der Waals surface area contributed by atoms with Crippen LogP contribution in [0, 0.1) is 12.8 Å². The molecule has 1 aliphatic heterocycles. The lowest BCUT2D eigenvalue weighted by Gasteiger charge is -2.23. The van der Waals surface area contributed by atoms with Gasteiger partial charge in [0.2, 0.25) is 10.0 Å². The molecule has 1 saturated carbocycles. The summed E-state index contributed by atoms with van der Waals surface area (Å²) in [6, 6.07) is 6.49.